The maximum Gasteiger partial charge on any atom is 0.422 e. The highest BCUT2D eigenvalue weighted by atomic mass is 32.2. The third-order valence-electron chi connectivity index (χ3n) is 1.32. The molecule has 4 N–H and O–H groups in total. The van der Waals surface area contributed by atoms with E-state index in [-0.39, 0.29) is 0 Å². The van der Waals surface area contributed by atoms with E-state index in [0.29, 0.717) is 0 Å². The van der Waals surface area contributed by atoms with E-state index in [0.717, 1.165) is 0 Å². The summed E-state index contributed by atoms with van der Waals surface area (Å²) in [5.41, 5.74) is 0. The van der Waals surface area contributed by atoms with Crippen LogP contribution in [0.4, 0.5) is 4.79 Å². The van der Waals surface area contributed by atoms with Gasteiger partial charge in [-0.3, -0.25) is 0 Å². The van der Waals surface area contributed by atoms with Crippen LogP contribution in [-0.2, 0) is 14.9 Å². The van der Waals surface area contributed by atoms with Gasteiger partial charge in [-0.1, -0.05) is 0 Å². The van der Waals surface area contributed by atoms with Crippen molar-refractivity contribution in [1.82, 2.24) is 9.44 Å². The molecule has 0 spiro atoms. The van der Waals surface area contributed by atoms with Crippen LogP contribution in [0.3, 0.4) is 0 Å². The van der Waals surface area contributed by atoms with Crippen LogP contribution in [0, 0.1) is 0 Å². The second-order valence-corrected chi connectivity index (χ2v) is 4.69. The molecule has 0 saturated carbocycles. The fraction of sp³-hybridized carbons (Fsp3) is 0.857. The van der Waals surface area contributed by atoms with E-state index in [1.165, 1.54) is 0 Å². The third kappa shape index (κ3) is 6.56. The molecule has 0 aromatic heterocycles. The van der Waals surface area contributed by atoms with Gasteiger partial charge in [-0.15, -0.1) is 0 Å². The van der Waals surface area contributed by atoms with Crippen molar-refractivity contribution >= 4 is 16.3 Å². The van der Waals surface area contributed by atoms with Crippen LogP contribution in [0.25, 0.3) is 0 Å². The predicted octanol–water partition coefficient (Wildman–Crippen LogP) is -1.69. The number of hydrogen-bond acceptors (Lipinski definition) is 6. The Balaban J connectivity index is 4.29. The molecule has 0 aromatic rings. The lowest BCUT2D eigenvalue weighted by Gasteiger charge is -2.14. The molecule has 0 aromatic carbocycles. The largest absolute Gasteiger partial charge is 0.446 e. The molecule has 0 rings (SSSR count). The maximum absolute atomic E-state index is 11.2. The first-order valence-corrected chi connectivity index (χ1v) is 6.01. The fourth-order valence-electron chi connectivity index (χ4n) is 0.729. The van der Waals surface area contributed by atoms with Gasteiger partial charge in [0.15, 0.2) is 0 Å². The van der Waals surface area contributed by atoms with Gasteiger partial charge in [0.1, 0.15) is 0 Å². The monoisotopic (exact) mass is 256 g/mol. The zero-order valence-corrected chi connectivity index (χ0v) is 9.82. The van der Waals surface area contributed by atoms with Crippen molar-refractivity contribution in [3.63, 3.8) is 0 Å². The van der Waals surface area contributed by atoms with E-state index in [2.05, 4.69) is 4.74 Å². The molecule has 8 nitrogen and oxygen atoms in total. The molecule has 1 amide bonds. The summed E-state index contributed by atoms with van der Waals surface area (Å²) in [5.74, 6) is 0. The lowest BCUT2D eigenvalue weighted by molar-refractivity contribution is 0.121. The Hall–Kier alpha value is -0.900. The normalized spacial score (nSPS) is 11.9. The molecule has 9 heteroatoms. The SMILES string of the molecule is CC(C)OC(=O)NS(=O)(=O)NC(CO)CO. The highest BCUT2D eigenvalue weighted by Gasteiger charge is 2.20. The van der Waals surface area contributed by atoms with Crippen LogP contribution in [0.15, 0.2) is 0 Å². The standard InChI is InChI=1S/C7H16N2O6S/c1-5(2)15-7(12)9-16(13,14)8-6(3-10)4-11/h5-6,8,10-11H,3-4H2,1-2H3,(H,9,12). The molecule has 0 unspecified atom stereocenters. The second kappa shape index (κ2) is 6.63. The first-order valence-electron chi connectivity index (χ1n) is 4.53. The van der Waals surface area contributed by atoms with Gasteiger partial charge in [-0.2, -0.15) is 13.1 Å². The number of aliphatic hydroxyl groups is 2. The number of amides is 1. The Morgan fingerprint density at radius 1 is 1.31 bits per heavy atom. The van der Waals surface area contributed by atoms with Gasteiger partial charge in [0, 0.05) is 0 Å². The quantitative estimate of drug-likeness (QED) is 0.449. The summed E-state index contributed by atoms with van der Waals surface area (Å²) in [4.78, 5) is 10.9. The molecule has 0 aliphatic heterocycles. The topological polar surface area (TPSA) is 125 Å². The summed E-state index contributed by atoms with van der Waals surface area (Å²) in [6.45, 7) is 1.95. The summed E-state index contributed by atoms with van der Waals surface area (Å²) in [5, 5.41) is 17.3. The minimum absolute atomic E-state index is 0.457. The van der Waals surface area contributed by atoms with Crippen molar-refractivity contribution in [3.05, 3.63) is 0 Å². The van der Waals surface area contributed by atoms with E-state index >= 15 is 0 Å². The zero-order chi connectivity index (χ0) is 12.8. The van der Waals surface area contributed by atoms with Gasteiger partial charge in [0.2, 0.25) is 0 Å². The van der Waals surface area contributed by atoms with E-state index in [9.17, 15) is 13.2 Å². The van der Waals surface area contributed by atoms with Gasteiger partial charge in [-0.25, -0.2) is 9.52 Å². The van der Waals surface area contributed by atoms with Crippen molar-refractivity contribution in [2.24, 2.45) is 0 Å². The number of rotatable bonds is 6. The molecular formula is C7H16N2O6S. The Morgan fingerprint density at radius 3 is 2.19 bits per heavy atom. The van der Waals surface area contributed by atoms with Crippen molar-refractivity contribution in [3.8, 4) is 0 Å². The van der Waals surface area contributed by atoms with Crippen molar-refractivity contribution in [2.45, 2.75) is 26.0 Å². The Morgan fingerprint density at radius 2 is 1.81 bits per heavy atom. The molecule has 0 heterocycles. The summed E-state index contributed by atoms with van der Waals surface area (Å²) in [7, 11) is -4.14. The van der Waals surface area contributed by atoms with Gasteiger partial charge in [0.05, 0.1) is 25.4 Å². The molecule has 96 valence electrons. The van der Waals surface area contributed by atoms with Crippen LogP contribution in [-0.4, -0.2) is 50.1 Å². The molecule has 0 bridgehead atoms. The van der Waals surface area contributed by atoms with Gasteiger partial charge >= 0.3 is 16.3 Å². The number of hydrogen-bond donors (Lipinski definition) is 4. The van der Waals surface area contributed by atoms with Crippen LogP contribution in [0.1, 0.15) is 13.8 Å². The van der Waals surface area contributed by atoms with Crippen LogP contribution < -0.4 is 9.44 Å². The maximum atomic E-state index is 11.2. The minimum atomic E-state index is -4.14. The molecule has 0 radical (unpaired) electrons. The number of aliphatic hydroxyl groups excluding tert-OH is 2. The molecule has 0 atom stereocenters. The van der Waals surface area contributed by atoms with Crippen molar-refractivity contribution in [2.75, 3.05) is 13.2 Å². The molecule has 0 fully saturated rings. The molecule has 0 aliphatic carbocycles. The molecular weight excluding hydrogens is 240 g/mol. The highest BCUT2D eigenvalue weighted by Crippen LogP contribution is 1.91. The molecule has 0 saturated heterocycles. The van der Waals surface area contributed by atoms with E-state index < -0.39 is 41.7 Å². The zero-order valence-electron chi connectivity index (χ0n) is 9.00. The second-order valence-electron chi connectivity index (χ2n) is 3.24. The summed E-state index contributed by atoms with van der Waals surface area (Å²) in [6, 6.07) is -1.07. The predicted molar refractivity (Wildman–Crippen MR) is 54.8 cm³/mol. The van der Waals surface area contributed by atoms with E-state index in [1.807, 2.05) is 4.72 Å². The summed E-state index contributed by atoms with van der Waals surface area (Å²) >= 11 is 0. The lowest BCUT2D eigenvalue weighted by atomic mass is 10.4. The summed E-state index contributed by atoms with van der Waals surface area (Å²) < 4.78 is 30.4. The number of nitrogens with one attached hydrogen (secondary N) is 2. The average Bonchev–Trinajstić information content (AvgIpc) is 2.11. The van der Waals surface area contributed by atoms with Crippen molar-refractivity contribution < 1.29 is 28.2 Å². The van der Waals surface area contributed by atoms with Crippen LogP contribution in [0.2, 0.25) is 0 Å². The summed E-state index contributed by atoms with van der Waals surface area (Å²) in [6.07, 6.45) is -1.58. The van der Waals surface area contributed by atoms with E-state index in [4.69, 9.17) is 10.2 Å². The Kier molecular flexibility index (Phi) is 6.26. The highest BCUT2D eigenvalue weighted by molar-refractivity contribution is 7.88. The van der Waals surface area contributed by atoms with Gasteiger partial charge in [0.25, 0.3) is 0 Å². The van der Waals surface area contributed by atoms with E-state index in [1.54, 1.807) is 18.6 Å². The van der Waals surface area contributed by atoms with Crippen LogP contribution in [0.5, 0.6) is 0 Å². The lowest BCUT2D eigenvalue weighted by Crippen LogP contribution is -2.48. The number of carbonyl (C=O) groups is 1. The fourth-order valence-corrected chi connectivity index (χ4v) is 1.64. The third-order valence-corrected chi connectivity index (χ3v) is 2.40. The Bertz CT molecular complexity index is 311. The number of ether oxygens (including phenoxy) is 1. The minimum Gasteiger partial charge on any atom is -0.446 e. The Labute approximate surface area is 93.8 Å². The van der Waals surface area contributed by atoms with Crippen LogP contribution >= 0.6 is 0 Å². The molecule has 0 aliphatic rings. The average molecular weight is 256 g/mol. The van der Waals surface area contributed by atoms with Gasteiger partial charge in [-0.05, 0) is 13.8 Å². The smallest absolute Gasteiger partial charge is 0.422 e. The first-order chi connectivity index (χ1) is 7.30. The molecule has 16 heavy (non-hydrogen) atoms. The first kappa shape index (κ1) is 15.1. The van der Waals surface area contributed by atoms with Crippen molar-refractivity contribution in [1.29, 1.82) is 0 Å². The number of carbonyl (C=O) groups excluding carboxylic acids is 1. The van der Waals surface area contributed by atoms with Gasteiger partial charge < -0.3 is 14.9 Å².